The molecule has 0 aromatic heterocycles. The molecule has 0 spiro atoms. The van der Waals surface area contributed by atoms with Crippen LogP contribution in [0.5, 0.6) is 0 Å². The van der Waals surface area contributed by atoms with Crippen molar-refractivity contribution in [2.24, 2.45) is 0 Å². The summed E-state index contributed by atoms with van der Waals surface area (Å²) in [5.41, 5.74) is 1.98. The molecule has 2 rings (SSSR count). The second-order valence-corrected chi connectivity index (χ2v) is 4.52. The quantitative estimate of drug-likeness (QED) is 0.873. The summed E-state index contributed by atoms with van der Waals surface area (Å²) in [4.78, 5) is 0. The summed E-state index contributed by atoms with van der Waals surface area (Å²) in [6.07, 6.45) is 4.93. The molecule has 2 nitrogen and oxygen atoms in total. The lowest BCUT2D eigenvalue weighted by atomic mass is 10.1. The predicted molar refractivity (Wildman–Crippen MR) is 83.0 cm³/mol. The lowest BCUT2D eigenvalue weighted by Crippen LogP contribution is -2.20. The van der Waals surface area contributed by atoms with Crippen molar-refractivity contribution in [2.75, 3.05) is 0 Å². The zero-order valence-electron chi connectivity index (χ0n) is 11.1. The molecule has 0 saturated heterocycles. The Kier molecular flexibility index (Phi) is 5.30. The van der Waals surface area contributed by atoms with Crippen molar-refractivity contribution in [3.8, 4) is 0 Å². The molecule has 20 heavy (non-hydrogen) atoms. The fraction of sp³-hybridized carbons (Fsp3) is 0.111. The molecule has 102 valence electrons. The van der Waals surface area contributed by atoms with Crippen molar-refractivity contribution in [1.82, 2.24) is 0 Å². The van der Waals surface area contributed by atoms with Crippen LogP contribution >= 0.6 is 0 Å². The van der Waals surface area contributed by atoms with Crippen molar-refractivity contribution < 1.29 is 10.2 Å². The average Bonchev–Trinajstić information content (AvgIpc) is 2.52. The number of hydrogen-bond acceptors (Lipinski definition) is 2. The van der Waals surface area contributed by atoms with Crippen molar-refractivity contribution in [1.29, 1.82) is 0 Å². The molecule has 2 N–H and O–H groups in total. The highest BCUT2D eigenvalue weighted by atomic mass is 16.3. The maximum atomic E-state index is 9.87. The fourth-order valence-corrected chi connectivity index (χ4v) is 1.78. The topological polar surface area (TPSA) is 40.5 Å². The van der Waals surface area contributed by atoms with Gasteiger partial charge in [-0.05, 0) is 11.1 Å². The first-order valence-electron chi connectivity index (χ1n) is 6.58. The Hall–Kier alpha value is -2.16. The molecule has 0 aliphatic carbocycles. The van der Waals surface area contributed by atoms with Gasteiger partial charge in [-0.2, -0.15) is 0 Å². The molecule has 0 radical (unpaired) electrons. The van der Waals surface area contributed by atoms with Crippen LogP contribution in [0.1, 0.15) is 11.1 Å². The second kappa shape index (κ2) is 7.43. The lowest BCUT2D eigenvalue weighted by molar-refractivity contribution is 0.0818. The summed E-state index contributed by atoms with van der Waals surface area (Å²) >= 11 is 0. The molecular formula is C18H18O2. The third kappa shape index (κ3) is 4.50. The van der Waals surface area contributed by atoms with Crippen LogP contribution in [-0.4, -0.2) is 22.4 Å². The first-order valence-corrected chi connectivity index (χ1v) is 6.58. The van der Waals surface area contributed by atoms with Crippen molar-refractivity contribution in [3.63, 3.8) is 0 Å². The molecule has 2 aromatic rings. The van der Waals surface area contributed by atoms with Gasteiger partial charge in [0.05, 0.1) is 0 Å². The summed E-state index contributed by atoms with van der Waals surface area (Å²) in [6.45, 7) is 0. The number of benzene rings is 2. The Balaban J connectivity index is 1.94. The molecule has 0 amide bonds. The number of rotatable bonds is 5. The summed E-state index contributed by atoms with van der Waals surface area (Å²) in [5.74, 6) is 0. The van der Waals surface area contributed by atoms with Gasteiger partial charge in [0.15, 0.2) is 0 Å². The van der Waals surface area contributed by atoms with E-state index in [1.54, 1.807) is 24.3 Å². The molecule has 0 unspecified atom stereocenters. The average molecular weight is 266 g/mol. The van der Waals surface area contributed by atoms with E-state index in [2.05, 4.69) is 0 Å². The minimum Gasteiger partial charge on any atom is -0.386 e. The Bertz CT molecular complexity index is 505. The van der Waals surface area contributed by atoms with Gasteiger partial charge in [-0.1, -0.05) is 85.0 Å². The Morgan fingerprint density at radius 2 is 0.950 bits per heavy atom. The van der Waals surface area contributed by atoms with Crippen LogP contribution in [0.25, 0.3) is 12.2 Å². The molecule has 0 saturated carbocycles. The van der Waals surface area contributed by atoms with Crippen LogP contribution in [0.4, 0.5) is 0 Å². The van der Waals surface area contributed by atoms with Crippen LogP contribution in [0.2, 0.25) is 0 Å². The van der Waals surface area contributed by atoms with Gasteiger partial charge >= 0.3 is 0 Å². The highest BCUT2D eigenvalue weighted by Gasteiger charge is 2.08. The highest BCUT2D eigenvalue weighted by molar-refractivity contribution is 5.51. The van der Waals surface area contributed by atoms with Gasteiger partial charge in [0.2, 0.25) is 0 Å². The normalized spacial score (nSPS) is 14.7. The minimum absolute atomic E-state index is 0.921. The number of aliphatic hydroxyl groups excluding tert-OH is 2. The molecule has 0 aliphatic rings. The molecule has 2 aromatic carbocycles. The molecule has 0 aliphatic heterocycles. The molecule has 0 bridgehead atoms. The molecule has 0 heterocycles. The molecule has 2 heteroatoms. The van der Waals surface area contributed by atoms with Crippen molar-refractivity contribution >= 4 is 12.2 Å². The van der Waals surface area contributed by atoms with Crippen LogP contribution in [0, 0.1) is 0 Å². The van der Waals surface area contributed by atoms with E-state index in [-0.39, 0.29) is 0 Å². The Morgan fingerprint density at radius 1 is 0.600 bits per heavy atom. The Labute approximate surface area is 119 Å². The fourth-order valence-electron chi connectivity index (χ4n) is 1.78. The van der Waals surface area contributed by atoms with Gasteiger partial charge in [0.25, 0.3) is 0 Å². The summed E-state index contributed by atoms with van der Waals surface area (Å²) < 4.78 is 0. The maximum absolute atomic E-state index is 9.87. The van der Waals surface area contributed by atoms with E-state index in [1.807, 2.05) is 60.7 Å². The largest absolute Gasteiger partial charge is 0.386 e. The standard InChI is InChI=1S/C18H18O2/c19-17(13-11-15-7-3-1-4-8-15)18(20)14-12-16-9-5-2-6-10-16/h1-14,17-20H/b13-11-,14-12-/t17-,18-/m1/s1. The van der Waals surface area contributed by atoms with E-state index >= 15 is 0 Å². The van der Waals surface area contributed by atoms with Gasteiger partial charge in [0.1, 0.15) is 12.2 Å². The van der Waals surface area contributed by atoms with E-state index < -0.39 is 12.2 Å². The van der Waals surface area contributed by atoms with Gasteiger partial charge in [0, 0.05) is 0 Å². The summed E-state index contributed by atoms with van der Waals surface area (Å²) in [7, 11) is 0. The maximum Gasteiger partial charge on any atom is 0.102 e. The third-order valence-corrected chi connectivity index (χ3v) is 2.92. The molecular weight excluding hydrogens is 248 g/mol. The third-order valence-electron chi connectivity index (χ3n) is 2.92. The first kappa shape index (κ1) is 14.3. The monoisotopic (exact) mass is 266 g/mol. The summed E-state index contributed by atoms with van der Waals surface area (Å²) in [6, 6.07) is 19.3. The first-order chi connectivity index (χ1) is 9.75. The van der Waals surface area contributed by atoms with E-state index in [4.69, 9.17) is 0 Å². The summed E-state index contributed by atoms with van der Waals surface area (Å²) in [5, 5.41) is 19.7. The van der Waals surface area contributed by atoms with E-state index in [0.29, 0.717) is 0 Å². The number of hydrogen-bond donors (Lipinski definition) is 2. The highest BCUT2D eigenvalue weighted by Crippen LogP contribution is 2.07. The van der Waals surface area contributed by atoms with E-state index in [9.17, 15) is 10.2 Å². The van der Waals surface area contributed by atoms with Crippen LogP contribution < -0.4 is 0 Å². The number of aliphatic hydroxyl groups is 2. The van der Waals surface area contributed by atoms with Crippen molar-refractivity contribution in [2.45, 2.75) is 12.2 Å². The van der Waals surface area contributed by atoms with Crippen LogP contribution in [0.3, 0.4) is 0 Å². The van der Waals surface area contributed by atoms with Crippen molar-refractivity contribution in [3.05, 3.63) is 83.9 Å². The van der Waals surface area contributed by atoms with Crippen LogP contribution in [0.15, 0.2) is 72.8 Å². The zero-order chi connectivity index (χ0) is 14.2. The minimum atomic E-state index is -0.921. The second-order valence-electron chi connectivity index (χ2n) is 4.52. The smallest absolute Gasteiger partial charge is 0.102 e. The molecule has 0 fully saturated rings. The molecule has 2 atom stereocenters. The van der Waals surface area contributed by atoms with E-state index in [0.717, 1.165) is 11.1 Å². The lowest BCUT2D eigenvalue weighted by Gasteiger charge is -2.09. The van der Waals surface area contributed by atoms with E-state index in [1.165, 1.54) is 0 Å². The van der Waals surface area contributed by atoms with Crippen LogP contribution in [-0.2, 0) is 0 Å². The SMILES string of the molecule is O[C@H](/C=C\c1ccccc1)[C@H](O)/C=C\c1ccccc1. The van der Waals surface area contributed by atoms with Gasteiger partial charge in [-0.25, -0.2) is 0 Å². The van der Waals surface area contributed by atoms with Gasteiger partial charge in [-0.15, -0.1) is 0 Å². The van der Waals surface area contributed by atoms with Gasteiger partial charge in [-0.3, -0.25) is 0 Å². The Morgan fingerprint density at radius 3 is 1.30 bits per heavy atom. The predicted octanol–water partition coefficient (Wildman–Crippen LogP) is 3.14. The zero-order valence-corrected chi connectivity index (χ0v) is 11.1. The van der Waals surface area contributed by atoms with Gasteiger partial charge < -0.3 is 10.2 Å².